The third-order valence-corrected chi connectivity index (χ3v) is 7.30. The van der Waals surface area contributed by atoms with E-state index in [4.69, 9.17) is 0 Å². The number of anilines is 2. The number of pyridine rings is 1. The molecule has 3 rings (SSSR count). The molecule has 1 aliphatic heterocycles. The maximum Gasteiger partial charge on any atom is 0.243 e. The van der Waals surface area contributed by atoms with Crippen LogP contribution in [0.2, 0.25) is 0 Å². The highest BCUT2D eigenvalue weighted by molar-refractivity contribution is 7.89. The molecular formula is C21H26N4O4S. The Labute approximate surface area is 177 Å². The van der Waals surface area contributed by atoms with Crippen molar-refractivity contribution in [3.05, 3.63) is 48.2 Å². The number of rotatable bonds is 7. The van der Waals surface area contributed by atoms with E-state index in [-0.39, 0.29) is 29.7 Å². The number of aryl methyl sites for hydroxylation is 1. The zero-order valence-corrected chi connectivity index (χ0v) is 18.1. The lowest BCUT2D eigenvalue weighted by Gasteiger charge is -2.20. The quantitative estimate of drug-likeness (QED) is 0.727. The topological polar surface area (TPSA) is 99.7 Å². The summed E-state index contributed by atoms with van der Waals surface area (Å²) in [6, 6.07) is 9.86. The molecule has 0 saturated carbocycles. The molecule has 160 valence electrons. The molecule has 30 heavy (non-hydrogen) atoms. The lowest BCUT2D eigenvalue weighted by Crippen LogP contribution is -2.31. The summed E-state index contributed by atoms with van der Waals surface area (Å²) in [6.07, 6.45) is 1.69. The Hall–Kier alpha value is -2.78. The second kappa shape index (κ2) is 8.93. The number of nitrogens with one attached hydrogen (secondary N) is 1. The molecule has 1 saturated heterocycles. The smallest absolute Gasteiger partial charge is 0.243 e. The molecule has 2 amide bonds. The number of sulfonamides is 1. The molecule has 0 spiro atoms. The Morgan fingerprint density at radius 3 is 2.47 bits per heavy atom. The SMILES string of the molecule is CCN(CC)S(=O)(=O)c1ccc(N2CC(C(=O)Nc3ncccc3C)CC2=O)cc1. The fraction of sp³-hybridized carbons (Fsp3) is 0.381. The highest BCUT2D eigenvalue weighted by atomic mass is 32.2. The molecule has 1 aromatic heterocycles. The summed E-state index contributed by atoms with van der Waals surface area (Å²) in [4.78, 5) is 31.0. The van der Waals surface area contributed by atoms with E-state index in [0.29, 0.717) is 24.6 Å². The van der Waals surface area contributed by atoms with Crippen molar-refractivity contribution in [3.8, 4) is 0 Å². The van der Waals surface area contributed by atoms with Gasteiger partial charge in [0.05, 0.1) is 10.8 Å². The van der Waals surface area contributed by atoms with Gasteiger partial charge in [0.15, 0.2) is 0 Å². The number of nitrogens with zero attached hydrogens (tertiary/aromatic N) is 3. The van der Waals surface area contributed by atoms with Crippen LogP contribution in [0, 0.1) is 12.8 Å². The average Bonchev–Trinajstić information content (AvgIpc) is 3.12. The maximum absolute atomic E-state index is 12.6. The first-order valence-corrected chi connectivity index (χ1v) is 11.3. The molecule has 1 atom stereocenters. The minimum absolute atomic E-state index is 0.0945. The molecule has 0 aliphatic carbocycles. The van der Waals surface area contributed by atoms with Gasteiger partial charge in [-0.15, -0.1) is 0 Å². The van der Waals surface area contributed by atoms with E-state index in [9.17, 15) is 18.0 Å². The molecule has 1 N–H and O–H groups in total. The summed E-state index contributed by atoms with van der Waals surface area (Å²) in [7, 11) is -3.56. The van der Waals surface area contributed by atoms with Gasteiger partial charge in [0.1, 0.15) is 5.82 Å². The van der Waals surface area contributed by atoms with Gasteiger partial charge in [-0.25, -0.2) is 13.4 Å². The highest BCUT2D eigenvalue weighted by Crippen LogP contribution is 2.28. The van der Waals surface area contributed by atoms with Crippen molar-refractivity contribution in [2.24, 2.45) is 5.92 Å². The highest BCUT2D eigenvalue weighted by Gasteiger charge is 2.35. The van der Waals surface area contributed by atoms with Crippen LogP contribution in [-0.4, -0.2) is 49.2 Å². The lowest BCUT2D eigenvalue weighted by atomic mass is 10.1. The number of amides is 2. The molecule has 0 bridgehead atoms. The summed E-state index contributed by atoms with van der Waals surface area (Å²) < 4.78 is 26.6. The van der Waals surface area contributed by atoms with Crippen LogP contribution in [0.25, 0.3) is 0 Å². The van der Waals surface area contributed by atoms with Crippen molar-refractivity contribution in [2.45, 2.75) is 32.1 Å². The van der Waals surface area contributed by atoms with Crippen LogP contribution in [0.4, 0.5) is 11.5 Å². The van der Waals surface area contributed by atoms with Gasteiger partial charge < -0.3 is 10.2 Å². The molecule has 1 fully saturated rings. The van der Waals surface area contributed by atoms with Gasteiger partial charge in [0.2, 0.25) is 21.8 Å². The molecule has 2 aromatic rings. The molecule has 1 aliphatic rings. The monoisotopic (exact) mass is 430 g/mol. The number of benzene rings is 1. The molecule has 0 radical (unpaired) electrons. The van der Waals surface area contributed by atoms with E-state index in [1.165, 1.54) is 21.3 Å². The average molecular weight is 431 g/mol. The van der Waals surface area contributed by atoms with Crippen molar-refractivity contribution >= 4 is 33.3 Å². The fourth-order valence-corrected chi connectivity index (χ4v) is 4.94. The third kappa shape index (κ3) is 4.36. The van der Waals surface area contributed by atoms with Gasteiger partial charge >= 0.3 is 0 Å². The molecule has 1 unspecified atom stereocenters. The Kier molecular flexibility index (Phi) is 6.52. The van der Waals surface area contributed by atoms with Crippen LogP contribution >= 0.6 is 0 Å². The van der Waals surface area contributed by atoms with Crippen molar-refractivity contribution in [2.75, 3.05) is 29.9 Å². The van der Waals surface area contributed by atoms with E-state index in [1.54, 1.807) is 38.2 Å². The van der Waals surface area contributed by atoms with Gasteiger partial charge in [-0.1, -0.05) is 19.9 Å². The molecule has 8 nitrogen and oxygen atoms in total. The molecular weight excluding hydrogens is 404 g/mol. The van der Waals surface area contributed by atoms with Crippen LogP contribution in [0.3, 0.4) is 0 Å². The second-order valence-electron chi connectivity index (χ2n) is 7.15. The van der Waals surface area contributed by atoms with Crippen LogP contribution in [0.5, 0.6) is 0 Å². The summed E-state index contributed by atoms with van der Waals surface area (Å²) >= 11 is 0. The number of hydrogen-bond donors (Lipinski definition) is 1. The fourth-order valence-electron chi connectivity index (χ4n) is 3.48. The van der Waals surface area contributed by atoms with E-state index in [2.05, 4.69) is 10.3 Å². The Morgan fingerprint density at radius 1 is 1.20 bits per heavy atom. The number of hydrogen-bond acceptors (Lipinski definition) is 5. The second-order valence-corrected chi connectivity index (χ2v) is 9.08. The van der Waals surface area contributed by atoms with Crippen LogP contribution in [0.15, 0.2) is 47.5 Å². The van der Waals surface area contributed by atoms with Crippen LogP contribution in [-0.2, 0) is 19.6 Å². The number of carbonyl (C=O) groups is 2. The first-order chi connectivity index (χ1) is 14.3. The predicted octanol–water partition coefficient (Wildman–Crippen LogP) is 2.41. The van der Waals surface area contributed by atoms with E-state index in [0.717, 1.165) is 5.56 Å². The molecule has 2 heterocycles. The minimum atomic E-state index is -3.56. The summed E-state index contributed by atoms with van der Waals surface area (Å²) in [6.45, 7) is 6.43. The molecule has 1 aromatic carbocycles. The predicted molar refractivity (Wildman–Crippen MR) is 115 cm³/mol. The zero-order valence-electron chi connectivity index (χ0n) is 17.3. The van der Waals surface area contributed by atoms with Crippen molar-refractivity contribution in [1.82, 2.24) is 9.29 Å². The third-order valence-electron chi connectivity index (χ3n) is 5.24. The van der Waals surface area contributed by atoms with Gasteiger partial charge in [-0.05, 0) is 42.8 Å². The van der Waals surface area contributed by atoms with Gasteiger partial charge in [-0.3, -0.25) is 9.59 Å². The minimum Gasteiger partial charge on any atom is -0.312 e. The Bertz CT molecular complexity index is 1030. The first-order valence-electron chi connectivity index (χ1n) is 9.91. The van der Waals surface area contributed by atoms with Gasteiger partial charge in [0.25, 0.3) is 0 Å². The van der Waals surface area contributed by atoms with Crippen LogP contribution < -0.4 is 10.2 Å². The first kappa shape index (κ1) is 21.9. The maximum atomic E-state index is 12.6. The largest absolute Gasteiger partial charge is 0.312 e. The van der Waals surface area contributed by atoms with E-state index in [1.807, 2.05) is 13.0 Å². The molecule has 9 heteroatoms. The van der Waals surface area contributed by atoms with Crippen molar-refractivity contribution < 1.29 is 18.0 Å². The standard InChI is InChI=1S/C21H26N4O4S/c1-4-24(5-2)30(28,29)18-10-8-17(9-11-18)25-14-16(13-19(25)26)21(27)23-20-15(3)7-6-12-22-20/h6-12,16H,4-5,13-14H2,1-3H3,(H,22,23,27). The summed E-state index contributed by atoms with van der Waals surface area (Å²) in [5.41, 5.74) is 1.42. The van der Waals surface area contributed by atoms with E-state index < -0.39 is 15.9 Å². The Balaban J connectivity index is 1.72. The lowest BCUT2D eigenvalue weighted by molar-refractivity contribution is -0.122. The Morgan fingerprint density at radius 2 is 1.87 bits per heavy atom. The van der Waals surface area contributed by atoms with Crippen molar-refractivity contribution in [3.63, 3.8) is 0 Å². The number of carbonyl (C=O) groups excluding carboxylic acids is 2. The summed E-state index contributed by atoms with van der Waals surface area (Å²) in [5, 5.41) is 2.79. The van der Waals surface area contributed by atoms with Gasteiger partial charge in [0, 0.05) is 37.9 Å². The van der Waals surface area contributed by atoms with Gasteiger partial charge in [-0.2, -0.15) is 4.31 Å². The normalized spacial score (nSPS) is 16.9. The van der Waals surface area contributed by atoms with E-state index >= 15 is 0 Å². The van der Waals surface area contributed by atoms with Crippen LogP contribution in [0.1, 0.15) is 25.8 Å². The zero-order chi connectivity index (χ0) is 21.9. The van der Waals surface area contributed by atoms with Crippen molar-refractivity contribution in [1.29, 1.82) is 0 Å². The summed E-state index contributed by atoms with van der Waals surface area (Å²) in [5.74, 6) is -0.446. The number of aromatic nitrogens is 1.